The van der Waals surface area contributed by atoms with Crippen LogP contribution >= 0.6 is 0 Å². The molecule has 7 heteroatoms. The number of carbonyl (C=O) groups excluding carboxylic acids is 1. The molecule has 0 saturated carbocycles. The Morgan fingerprint density at radius 3 is 1.90 bits per heavy atom. The van der Waals surface area contributed by atoms with Crippen molar-refractivity contribution in [2.75, 3.05) is 5.75 Å². The van der Waals surface area contributed by atoms with Gasteiger partial charge in [0.05, 0.1) is 5.75 Å². The van der Waals surface area contributed by atoms with Crippen LogP contribution < -0.4 is 0 Å². The highest BCUT2D eigenvalue weighted by molar-refractivity contribution is 7.90. The van der Waals surface area contributed by atoms with Crippen molar-refractivity contribution >= 4 is 39.3 Å². The lowest BCUT2D eigenvalue weighted by Gasteiger charge is -2.02. The molecule has 2 aromatic rings. The molecule has 0 N–H and O–H groups in total. The standard InChI is InChI=1S/C23H26O3S.O2S/c1-3-7-19-8-5-9-20(16-19)12-14-23(24)15-13-21-10-6-11-22(17-21)18-27(25,26)4-2;1-3-2/h5-6,8-17H,3-4,7,18H2,1-2H3;/b14-12+,15-13+;. The Balaban J connectivity index is 0.00000141. The number of sulfone groups is 1. The summed E-state index contributed by atoms with van der Waals surface area (Å²) in [5, 5.41) is 0. The Morgan fingerprint density at radius 2 is 1.40 bits per heavy atom. The molecule has 0 fully saturated rings. The van der Waals surface area contributed by atoms with Crippen LogP contribution in [0.3, 0.4) is 0 Å². The van der Waals surface area contributed by atoms with Gasteiger partial charge in [0, 0.05) is 5.75 Å². The average molecular weight is 447 g/mol. The number of benzene rings is 2. The Morgan fingerprint density at radius 1 is 0.900 bits per heavy atom. The van der Waals surface area contributed by atoms with Crippen molar-refractivity contribution in [2.24, 2.45) is 0 Å². The van der Waals surface area contributed by atoms with Crippen LogP contribution in [0.1, 0.15) is 42.5 Å². The topological polar surface area (TPSA) is 85.3 Å². The quantitative estimate of drug-likeness (QED) is 0.539. The molecule has 5 nitrogen and oxygen atoms in total. The highest BCUT2D eigenvalue weighted by atomic mass is 32.2. The molecular formula is C23H26O5S2. The van der Waals surface area contributed by atoms with Crippen molar-refractivity contribution in [3.63, 3.8) is 0 Å². The first kappa shape index (κ1) is 25.4. The first-order chi connectivity index (χ1) is 14.3. The minimum absolute atomic E-state index is 0.0210. The zero-order valence-corrected chi connectivity index (χ0v) is 18.7. The minimum Gasteiger partial charge on any atom is -0.290 e. The summed E-state index contributed by atoms with van der Waals surface area (Å²) in [7, 11) is -3.07. The number of allylic oxidation sites excluding steroid dienone is 2. The van der Waals surface area contributed by atoms with E-state index in [4.69, 9.17) is 8.42 Å². The van der Waals surface area contributed by atoms with Crippen LogP contribution in [0.5, 0.6) is 0 Å². The van der Waals surface area contributed by atoms with Gasteiger partial charge in [-0.3, -0.25) is 4.79 Å². The highest BCUT2D eigenvalue weighted by Gasteiger charge is 2.08. The molecule has 0 bridgehead atoms. The summed E-state index contributed by atoms with van der Waals surface area (Å²) in [4.78, 5) is 12.1. The molecule has 0 aliphatic rings. The molecule has 160 valence electrons. The predicted molar refractivity (Wildman–Crippen MR) is 122 cm³/mol. The third kappa shape index (κ3) is 10.2. The van der Waals surface area contributed by atoms with Gasteiger partial charge < -0.3 is 0 Å². The lowest BCUT2D eigenvalue weighted by Crippen LogP contribution is -2.06. The molecule has 0 unspecified atom stereocenters. The summed E-state index contributed by atoms with van der Waals surface area (Å²) in [5.41, 5.74) is 3.82. The summed E-state index contributed by atoms with van der Waals surface area (Å²) in [5.74, 6) is 0.0330. The Kier molecular flexibility index (Phi) is 11.5. The van der Waals surface area contributed by atoms with Gasteiger partial charge in [-0.05, 0) is 40.8 Å². The first-order valence-electron chi connectivity index (χ1n) is 9.53. The zero-order chi connectivity index (χ0) is 22.4. The van der Waals surface area contributed by atoms with Crippen molar-refractivity contribution in [1.82, 2.24) is 0 Å². The van der Waals surface area contributed by atoms with Gasteiger partial charge in [-0.2, -0.15) is 8.42 Å². The molecule has 0 spiro atoms. The van der Waals surface area contributed by atoms with E-state index in [0.717, 1.165) is 29.5 Å². The van der Waals surface area contributed by atoms with Crippen LogP contribution in [-0.2, 0) is 38.4 Å². The van der Waals surface area contributed by atoms with Crippen LogP contribution in [-0.4, -0.2) is 28.4 Å². The molecule has 30 heavy (non-hydrogen) atoms. The van der Waals surface area contributed by atoms with Crippen LogP contribution in [0.25, 0.3) is 12.2 Å². The van der Waals surface area contributed by atoms with Gasteiger partial charge in [-0.1, -0.05) is 81.0 Å². The molecular weight excluding hydrogens is 420 g/mol. The molecule has 0 aliphatic carbocycles. The van der Waals surface area contributed by atoms with E-state index in [1.807, 2.05) is 24.3 Å². The molecule has 0 saturated heterocycles. The number of aryl methyl sites for hydroxylation is 1. The van der Waals surface area contributed by atoms with Crippen molar-refractivity contribution in [2.45, 2.75) is 32.4 Å². The van der Waals surface area contributed by atoms with Crippen LogP contribution in [0.2, 0.25) is 0 Å². The summed E-state index contributed by atoms with van der Waals surface area (Å²) >= 11 is -0.750. The molecule has 2 rings (SSSR count). The van der Waals surface area contributed by atoms with E-state index in [2.05, 4.69) is 19.1 Å². The van der Waals surface area contributed by atoms with Gasteiger partial charge in [0.2, 0.25) is 0 Å². The first-order valence-corrected chi connectivity index (χ1v) is 12.0. The molecule has 0 heterocycles. The number of ketones is 1. The SMILES string of the molecule is CCCc1cccc(/C=C/C(=O)/C=C/c2cccc(CS(=O)(=O)CC)c2)c1.O=S=O. The maximum Gasteiger partial charge on any atom is 0.335 e. The number of hydrogen-bond donors (Lipinski definition) is 0. The Hall–Kier alpha value is -2.64. The predicted octanol–water partition coefficient (Wildman–Crippen LogP) is 4.20. The van der Waals surface area contributed by atoms with Crippen molar-refractivity contribution in [3.8, 4) is 0 Å². The second-order valence-electron chi connectivity index (χ2n) is 6.55. The fraction of sp³-hybridized carbons (Fsp3) is 0.261. The molecule has 0 aliphatic heterocycles. The second-order valence-corrected chi connectivity index (χ2v) is 9.04. The molecule has 0 amide bonds. The lowest BCUT2D eigenvalue weighted by atomic mass is 10.1. The molecule has 0 radical (unpaired) electrons. The second kappa shape index (κ2) is 13.6. The van der Waals surface area contributed by atoms with E-state index < -0.39 is 21.4 Å². The summed E-state index contributed by atoms with van der Waals surface area (Å²) in [6.07, 6.45) is 8.69. The van der Waals surface area contributed by atoms with E-state index in [1.165, 1.54) is 11.6 Å². The Labute approximate surface area is 182 Å². The van der Waals surface area contributed by atoms with Crippen molar-refractivity contribution in [1.29, 1.82) is 0 Å². The average Bonchev–Trinajstić information content (AvgIpc) is 2.72. The highest BCUT2D eigenvalue weighted by Crippen LogP contribution is 2.12. The number of rotatable bonds is 9. The minimum atomic E-state index is -3.07. The maximum absolute atomic E-state index is 12.1. The Bertz CT molecular complexity index is 1030. The van der Waals surface area contributed by atoms with E-state index in [-0.39, 0.29) is 17.3 Å². The normalized spacial score (nSPS) is 11.3. The maximum atomic E-state index is 12.1. The van der Waals surface area contributed by atoms with Crippen molar-refractivity contribution in [3.05, 3.63) is 82.9 Å². The third-order valence-corrected chi connectivity index (χ3v) is 5.80. The largest absolute Gasteiger partial charge is 0.335 e. The van der Waals surface area contributed by atoms with Gasteiger partial charge in [0.1, 0.15) is 0 Å². The number of carbonyl (C=O) groups is 1. The number of hydrogen-bond acceptors (Lipinski definition) is 5. The lowest BCUT2D eigenvalue weighted by molar-refractivity contribution is -0.110. The monoisotopic (exact) mass is 446 g/mol. The molecule has 0 atom stereocenters. The van der Waals surface area contributed by atoms with Crippen LogP contribution in [0.15, 0.2) is 60.7 Å². The van der Waals surface area contributed by atoms with Crippen molar-refractivity contribution < 1.29 is 21.6 Å². The fourth-order valence-electron chi connectivity index (χ4n) is 2.70. The molecule has 0 aromatic heterocycles. The molecule has 2 aromatic carbocycles. The van der Waals surface area contributed by atoms with Crippen LogP contribution in [0.4, 0.5) is 0 Å². The van der Waals surface area contributed by atoms with Gasteiger partial charge in [-0.25, -0.2) is 8.42 Å². The van der Waals surface area contributed by atoms with Gasteiger partial charge in [0.15, 0.2) is 15.6 Å². The zero-order valence-electron chi connectivity index (χ0n) is 17.1. The van der Waals surface area contributed by atoms with Crippen LogP contribution in [0, 0.1) is 0 Å². The smallest absolute Gasteiger partial charge is 0.290 e. The van der Waals surface area contributed by atoms with E-state index >= 15 is 0 Å². The summed E-state index contributed by atoms with van der Waals surface area (Å²) in [6.45, 7) is 3.78. The summed E-state index contributed by atoms with van der Waals surface area (Å²) < 4.78 is 40.1. The van der Waals surface area contributed by atoms with E-state index in [1.54, 1.807) is 37.3 Å². The third-order valence-electron chi connectivity index (χ3n) is 4.15. The van der Waals surface area contributed by atoms with Gasteiger partial charge in [0.25, 0.3) is 0 Å². The fourth-order valence-corrected chi connectivity index (χ4v) is 3.59. The van der Waals surface area contributed by atoms with E-state index in [9.17, 15) is 13.2 Å². The van der Waals surface area contributed by atoms with Gasteiger partial charge in [-0.15, -0.1) is 0 Å². The summed E-state index contributed by atoms with van der Waals surface area (Å²) in [6, 6.07) is 15.4. The van der Waals surface area contributed by atoms with Gasteiger partial charge >= 0.3 is 11.6 Å². The van der Waals surface area contributed by atoms with E-state index in [0.29, 0.717) is 0 Å².